The van der Waals surface area contributed by atoms with Crippen LogP contribution in [-0.2, 0) is 9.53 Å². The van der Waals surface area contributed by atoms with Gasteiger partial charge in [-0.3, -0.25) is 10.2 Å². The van der Waals surface area contributed by atoms with Crippen molar-refractivity contribution < 1.29 is 9.53 Å². The summed E-state index contributed by atoms with van der Waals surface area (Å²) in [4.78, 5) is 11.0. The van der Waals surface area contributed by atoms with E-state index in [1.165, 1.54) is 6.08 Å². The molecule has 86 valence electrons. The number of nitrogens with one attached hydrogen (secondary N) is 2. The molecule has 0 aromatic rings. The Morgan fingerprint density at radius 2 is 2.27 bits per heavy atom. The number of rotatable bonds is 6. The number of epoxide rings is 1. The van der Waals surface area contributed by atoms with E-state index >= 15 is 0 Å². The van der Waals surface area contributed by atoms with Crippen molar-refractivity contribution in [1.82, 2.24) is 10.9 Å². The highest BCUT2D eigenvalue weighted by atomic mass is 16.6. The number of hydrazine groups is 1. The summed E-state index contributed by atoms with van der Waals surface area (Å²) in [5.41, 5.74) is 5.20. The minimum absolute atomic E-state index is 0.129. The maximum absolute atomic E-state index is 11.0. The molecular formula is C11H20N2O2. The lowest BCUT2D eigenvalue weighted by Crippen LogP contribution is -2.58. The summed E-state index contributed by atoms with van der Waals surface area (Å²) in [6.45, 7) is 10.3. The first-order valence-corrected chi connectivity index (χ1v) is 5.31. The van der Waals surface area contributed by atoms with Gasteiger partial charge in [-0.05, 0) is 26.3 Å². The Labute approximate surface area is 91.0 Å². The molecule has 15 heavy (non-hydrogen) atoms. The highest BCUT2D eigenvalue weighted by molar-refractivity contribution is 5.86. The lowest BCUT2D eigenvalue weighted by molar-refractivity contribution is -0.118. The van der Waals surface area contributed by atoms with Gasteiger partial charge in [0.2, 0.25) is 0 Å². The van der Waals surface area contributed by atoms with Crippen molar-refractivity contribution in [2.45, 2.75) is 44.8 Å². The second-order valence-corrected chi connectivity index (χ2v) is 4.48. The van der Waals surface area contributed by atoms with E-state index < -0.39 is 0 Å². The van der Waals surface area contributed by atoms with Crippen LogP contribution in [0.5, 0.6) is 0 Å². The lowest BCUT2D eigenvalue weighted by Gasteiger charge is -2.32. The third-order valence-electron chi connectivity index (χ3n) is 2.97. The molecule has 0 bridgehead atoms. The molecule has 0 aromatic heterocycles. The van der Waals surface area contributed by atoms with E-state index in [2.05, 4.69) is 24.4 Å². The molecule has 2 N–H and O–H groups in total. The van der Waals surface area contributed by atoms with Crippen LogP contribution >= 0.6 is 0 Å². The summed E-state index contributed by atoms with van der Waals surface area (Å²) in [5, 5.41) is 0. The van der Waals surface area contributed by atoms with Gasteiger partial charge in [0.05, 0.1) is 12.1 Å². The predicted molar refractivity (Wildman–Crippen MR) is 59.1 cm³/mol. The molecule has 1 rings (SSSR count). The molecule has 1 fully saturated rings. The van der Waals surface area contributed by atoms with E-state index in [0.717, 1.165) is 19.4 Å². The van der Waals surface area contributed by atoms with Crippen molar-refractivity contribution in [3.63, 3.8) is 0 Å². The Kier molecular flexibility index (Phi) is 3.52. The van der Waals surface area contributed by atoms with Gasteiger partial charge in [-0.25, -0.2) is 5.43 Å². The average Bonchev–Trinajstić information content (AvgIpc) is 2.96. The summed E-state index contributed by atoms with van der Waals surface area (Å²) in [6, 6.07) is 0. The third-order valence-corrected chi connectivity index (χ3v) is 2.97. The summed E-state index contributed by atoms with van der Waals surface area (Å²) >= 11 is 0. The number of amides is 1. The quantitative estimate of drug-likeness (QED) is 0.394. The number of hydrogen-bond acceptors (Lipinski definition) is 3. The SMILES string of the molecule is C=CC(=O)NNC(C)(C)C1(CCC)CO1. The highest BCUT2D eigenvalue weighted by Gasteiger charge is 2.55. The number of carbonyl (C=O) groups excluding carboxylic acids is 1. The molecule has 0 spiro atoms. The van der Waals surface area contributed by atoms with Crippen LogP contribution < -0.4 is 10.9 Å². The van der Waals surface area contributed by atoms with Gasteiger partial charge in [-0.2, -0.15) is 0 Å². The van der Waals surface area contributed by atoms with Gasteiger partial charge >= 0.3 is 0 Å². The van der Waals surface area contributed by atoms with E-state index in [-0.39, 0.29) is 17.0 Å². The summed E-state index contributed by atoms with van der Waals surface area (Å²) in [5.74, 6) is -0.227. The van der Waals surface area contributed by atoms with Crippen molar-refractivity contribution in [3.05, 3.63) is 12.7 Å². The fourth-order valence-corrected chi connectivity index (χ4v) is 1.69. The van der Waals surface area contributed by atoms with Crippen LogP contribution in [0.1, 0.15) is 33.6 Å². The van der Waals surface area contributed by atoms with E-state index in [1.807, 2.05) is 13.8 Å². The van der Waals surface area contributed by atoms with E-state index in [9.17, 15) is 4.79 Å². The zero-order valence-electron chi connectivity index (χ0n) is 9.72. The molecule has 1 saturated heterocycles. The van der Waals surface area contributed by atoms with Gasteiger partial charge < -0.3 is 4.74 Å². The lowest BCUT2D eigenvalue weighted by atomic mass is 9.85. The number of ether oxygens (including phenoxy) is 1. The molecule has 1 unspecified atom stereocenters. The van der Waals surface area contributed by atoms with Crippen LogP contribution in [0, 0.1) is 0 Å². The van der Waals surface area contributed by atoms with E-state index in [0.29, 0.717) is 0 Å². The van der Waals surface area contributed by atoms with Crippen LogP contribution in [-0.4, -0.2) is 23.7 Å². The second kappa shape index (κ2) is 4.33. The Bertz CT molecular complexity index is 257. The van der Waals surface area contributed by atoms with Gasteiger partial charge in [0, 0.05) is 0 Å². The van der Waals surface area contributed by atoms with E-state index in [4.69, 9.17) is 4.74 Å². The van der Waals surface area contributed by atoms with Gasteiger partial charge in [0.1, 0.15) is 5.60 Å². The minimum atomic E-state index is -0.262. The minimum Gasteiger partial charge on any atom is -0.368 e. The Morgan fingerprint density at radius 3 is 2.67 bits per heavy atom. The standard InChI is InChI=1S/C11H20N2O2/c1-5-7-11(8-15-11)10(3,4)13-12-9(14)6-2/h6,13H,2,5,7-8H2,1,3-4H3,(H,12,14). The van der Waals surface area contributed by atoms with Crippen LogP contribution in [0.2, 0.25) is 0 Å². The molecule has 0 saturated carbocycles. The molecule has 0 radical (unpaired) electrons. The molecule has 1 amide bonds. The first kappa shape index (κ1) is 12.2. The maximum Gasteiger partial charge on any atom is 0.257 e. The summed E-state index contributed by atoms with van der Waals surface area (Å²) in [7, 11) is 0. The molecule has 4 nitrogen and oxygen atoms in total. The van der Waals surface area contributed by atoms with Gasteiger partial charge in [-0.15, -0.1) is 0 Å². The second-order valence-electron chi connectivity index (χ2n) is 4.48. The molecule has 0 aliphatic carbocycles. The summed E-state index contributed by atoms with van der Waals surface area (Å²) < 4.78 is 5.53. The molecule has 1 aliphatic rings. The van der Waals surface area contributed by atoms with Gasteiger partial charge in [0.25, 0.3) is 5.91 Å². The summed E-state index contributed by atoms with van der Waals surface area (Å²) in [6.07, 6.45) is 3.31. The molecular weight excluding hydrogens is 192 g/mol. The Morgan fingerprint density at radius 1 is 1.67 bits per heavy atom. The smallest absolute Gasteiger partial charge is 0.257 e. The van der Waals surface area contributed by atoms with E-state index in [1.54, 1.807) is 0 Å². The first-order valence-electron chi connectivity index (χ1n) is 5.31. The predicted octanol–water partition coefficient (Wildman–Crippen LogP) is 1.14. The monoisotopic (exact) mass is 212 g/mol. The Hall–Kier alpha value is -0.870. The molecule has 0 aromatic carbocycles. The van der Waals surface area contributed by atoms with Crippen LogP contribution in [0.3, 0.4) is 0 Å². The number of carbonyl (C=O) groups is 1. The topological polar surface area (TPSA) is 53.7 Å². The van der Waals surface area contributed by atoms with Crippen molar-refractivity contribution in [2.75, 3.05) is 6.61 Å². The largest absolute Gasteiger partial charge is 0.368 e. The zero-order valence-corrected chi connectivity index (χ0v) is 9.72. The fourth-order valence-electron chi connectivity index (χ4n) is 1.69. The molecule has 1 heterocycles. The first-order chi connectivity index (χ1) is 6.97. The zero-order chi connectivity index (χ0) is 11.5. The maximum atomic E-state index is 11.0. The fraction of sp³-hybridized carbons (Fsp3) is 0.727. The van der Waals surface area contributed by atoms with Crippen molar-refractivity contribution in [2.24, 2.45) is 0 Å². The molecule has 1 aliphatic heterocycles. The average molecular weight is 212 g/mol. The van der Waals surface area contributed by atoms with Crippen molar-refractivity contribution >= 4 is 5.91 Å². The normalized spacial score (nSPS) is 24.7. The third kappa shape index (κ3) is 2.58. The van der Waals surface area contributed by atoms with Crippen LogP contribution in [0.25, 0.3) is 0 Å². The molecule has 1 atom stereocenters. The highest BCUT2D eigenvalue weighted by Crippen LogP contribution is 2.41. The van der Waals surface area contributed by atoms with Gasteiger partial charge in [-0.1, -0.05) is 19.9 Å². The van der Waals surface area contributed by atoms with Gasteiger partial charge in [0.15, 0.2) is 0 Å². The van der Waals surface area contributed by atoms with Crippen molar-refractivity contribution in [1.29, 1.82) is 0 Å². The Balaban J connectivity index is 2.51. The van der Waals surface area contributed by atoms with Crippen molar-refractivity contribution in [3.8, 4) is 0 Å². The van der Waals surface area contributed by atoms with Crippen LogP contribution in [0.15, 0.2) is 12.7 Å². The molecule has 4 heteroatoms. The number of hydrogen-bond donors (Lipinski definition) is 2. The van der Waals surface area contributed by atoms with Crippen LogP contribution in [0.4, 0.5) is 0 Å².